The summed E-state index contributed by atoms with van der Waals surface area (Å²) in [5.74, 6) is 0.844. The van der Waals surface area contributed by atoms with Crippen molar-refractivity contribution in [3.63, 3.8) is 0 Å². The first-order valence-electron chi connectivity index (χ1n) is 7.05. The third-order valence-corrected chi connectivity index (χ3v) is 4.24. The lowest BCUT2D eigenvalue weighted by Gasteiger charge is -2.21. The van der Waals surface area contributed by atoms with Crippen LogP contribution in [0.25, 0.3) is 0 Å². The molecule has 1 aromatic rings. The zero-order valence-electron chi connectivity index (χ0n) is 10.8. The van der Waals surface area contributed by atoms with Crippen LogP contribution in [0, 0.1) is 5.92 Å². The maximum absolute atomic E-state index is 12.3. The summed E-state index contributed by atoms with van der Waals surface area (Å²) in [6.07, 6.45) is 6.35. The van der Waals surface area contributed by atoms with Gasteiger partial charge in [-0.05, 0) is 55.2 Å². The zero-order valence-corrected chi connectivity index (χ0v) is 10.8. The van der Waals surface area contributed by atoms with E-state index >= 15 is 0 Å². The Morgan fingerprint density at radius 3 is 2.78 bits per heavy atom. The van der Waals surface area contributed by atoms with Crippen molar-refractivity contribution >= 4 is 5.78 Å². The number of benzene rings is 1. The monoisotopic (exact) mass is 244 g/mol. The summed E-state index contributed by atoms with van der Waals surface area (Å²) in [5.41, 5.74) is 3.76. The highest BCUT2D eigenvalue weighted by Gasteiger charge is 2.19. The van der Waals surface area contributed by atoms with Crippen LogP contribution in [-0.2, 0) is 17.6 Å². The van der Waals surface area contributed by atoms with Gasteiger partial charge in [0.05, 0.1) is 0 Å². The SMILES string of the molecule is O=C(CC1CCOCC1)c1ccc2c(c1)CCC2. The van der Waals surface area contributed by atoms with Crippen molar-refractivity contribution in [3.8, 4) is 0 Å². The Morgan fingerprint density at radius 2 is 1.94 bits per heavy atom. The molecule has 0 amide bonds. The summed E-state index contributed by atoms with van der Waals surface area (Å²) in [7, 11) is 0. The smallest absolute Gasteiger partial charge is 0.163 e. The van der Waals surface area contributed by atoms with E-state index < -0.39 is 0 Å². The molecule has 96 valence electrons. The topological polar surface area (TPSA) is 26.3 Å². The van der Waals surface area contributed by atoms with Crippen molar-refractivity contribution in [2.45, 2.75) is 38.5 Å². The molecule has 3 rings (SSSR count). The Bertz CT molecular complexity index is 444. The fourth-order valence-corrected chi connectivity index (χ4v) is 3.08. The quantitative estimate of drug-likeness (QED) is 0.763. The second-order valence-electron chi connectivity index (χ2n) is 5.52. The van der Waals surface area contributed by atoms with Crippen LogP contribution in [-0.4, -0.2) is 19.0 Å². The largest absolute Gasteiger partial charge is 0.381 e. The minimum Gasteiger partial charge on any atom is -0.381 e. The summed E-state index contributed by atoms with van der Waals surface area (Å²) in [4.78, 5) is 12.3. The van der Waals surface area contributed by atoms with Gasteiger partial charge in [0.15, 0.2) is 5.78 Å². The number of rotatable bonds is 3. The van der Waals surface area contributed by atoms with Crippen LogP contribution in [0.3, 0.4) is 0 Å². The van der Waals surface area contributed by atoms with Gasteiger partial charge in [0, 0.05) is 25.2 Å². The van der Waals surface area contributed by atoms with Crippen molar-refractivity contribution < 1.29 is 9.53 Å². The number of Topliss-reactive ketones (excluding diaryl/α,β-unsaturated/α-hetero) is 1. The van der Waals surface area contributed by atoms with Gasteiger partial charge in [-0.25, -0.2) is 0 Å². The third-order valence-electron chi connectivity index (χ3n) is 4.24. The summed E-state index contributed by atoms with van der Waals surface area (Å²) < 4.78 is 5.34. The first-order valence-corrected chi connectivity index (χ1v) is 7.05. The maximum Gasteiger partial charge on any atom is 0.163 e. The third kappa shape index (κ3) is 2.49. The number of ether oxygens (including phenoxy) is 1. The number of fused-ring (bicyclic) bond motifs is 1. The molecule has 0 saturated carbocycles. The summed E-state index contributed by atoms with van der Waals surface area (Å²) in [5, 5.41) is 0. The molecule has 1 fully saturated rings. The molecule has 0 aromatic heterocycles. The molecule has 1 aromatic carbocycles. The lowest BCUT2D eigenvalue weighted by molar-refractivity contribution is 0.0601. The number of aryl methyl sites for hydroxylation is 2. The first-order chi connectivity index (χ1) is 8.83. The van der Waals surface area contributed by atoms with E-state index in [1.165, 1.54) is 24.0 Å². The Hall–Kier alpha value is -1.15. The minimum atomic E-state index is 0.316. The van der Waals surface area contributed by atoms with E-state index in [1.54, 1.807) is 0 Å². The standard InChI is InChI=1S/C16H20O2/c17-16(10-12-6-8-18-9-7-12)15-5-4-13-2-1-3-14(13)11-15/h4-5,11-12H,1-3,6-10H2. The molecule has 1 heterocycles. The first kappa shape index (κ1) is 11.9. The van der Waals surface area contributed by atoms with E-state index in [2.05, 4.69) is 12.1 Å². The summed E-state index contributed by atoms with van der Waals surface area (Å²) >= 11 is 0. The van der Waals surface area contributed by atoms with E-state index in [0.717, 1.165) is 38.0 Å². The molecular formula is C16H20O2. The number of hydrogen-bond acceptors (Lipinski definition) is 2. The van der Waals surface area contributed by atoms with E-state index in [1.807, 2.05) is 6.07 Å². The highest BCUT2D eigenvalue weighted by Crippen LogP contribution is 2.25. The maximum atomic E-state index is 12.3. The molecule has 2 nitrogen and oxygen atoms in total. The summed E-state index contributed by atoms with van der Waals surface area (Å²) in [6, 6.07) is 6.30. The van der Waals surface area contributed by atoms with E-state index in [4.69, 9.17) is 4.74 Å². The van der Waals surface area contributed by atoms with Gasteiger partial charge in [-0.3, -0.25) is 4.79 Å². The van der Waals surface area contributed by atoms with Crippen LogP contribution in [0.15, 0.2) is 18.2 Å². The lowest BCUT2D eigenvalue weighted by Crippen LogP contribution is -2.18. The predicted molar refractivity (Wildman–Crippen MR) is 71.0 cm³/mol. The number of hydrogen-bond donors (Lipinski definition) is 0. The van der Waals surface area contributed by atoms with Gasteiger partial charge < -0.3 is 4.74 Å². The minimum absolute atomic E-state index is 0.316. The van der Waals surface area contributed by atoms with Crippen LogP contribution in [0.4, 0.5) is 0 Å². The molecule has 0 bridgehead atoms. The number of carbonyl (C=O) groups excluding carboxylic acids is 1. The molecule has 1 aliphatic heterocycles. The molecule has 2 heteroatoms. The Labute approximate surface area is 108 Å². The van der Waals surface area contributed by atoms with Crippen LogP contribution >= 0.6 is 0 Å². The molecule has 0 unspecified atom stereocenters. The number of ketones is 1. The molecule has 1 aliphatic carbocycles. The Balaban J connectivity index is 1.68. The Kier molecular flexibility index (Phi) is 3.46. The van der Waals surface area contributed by atoms with Crippen LogP contribution < -0.4 is 0 Å². The normalized spacial score (nSPS) is 19.8. The molecule has 0 N–H and O–H groups in total. The molecule has 2 aliphatic rings. The van der Waals surface area contributed by atoms with Gasteiger partial charge >= 0.3 is 0 Å². The van der Waals surface area contributed by atoms with Gasteiger partial charge in [0.1, 0.15) is 0 Å². The zero-order chi connectivity index (χ0) is 12.4. The van der Waals surface area contributed by atoms with E-state index in [0.29, 0.717) is 18.1 Å². The summed E-state index contributed by atoms with van der Waals surface area (Å²) in [6.45, 7) is 1.64. The van der Waals surface area contributed by atoms with Gasteiger partial charge in [0.2, 0.25) is 0 Å². The lowest BCUT2D eigenvalue weighted by atomic mass is 9.91. The van der Waals surface area contributed by atoms with Crippen molar-refractivity contribution in [2.24, 2.45) is 5.92 Å². The second kappa shape index (κ2) is 5.23. The van der Waals surface area contributed by atoms with Crippen molar-refractivity contribution in [1.82, 2.24) is 0 Å². The average Bonchev–Trinajstić information content (AvgIpc) is 2.87. The van der Waals surface area contributed by atoms with Crippen LogP contribution in [0.1, 0.15) is 47.2 Å². The molecule has 0 radical (unpaired) electrons. The van der Waals surface area contributed by atoms with Gasteiger partial charge in [-0.15, -0.1) is 0 Å². The van der Waals surface area contributed by atoms with Crippen LogP contribution in [0.5, 0.6) is 0 Å². The Morgan fingerprint density at radius 1 is 1.17 bits per heavy atom. The van der Waals surface area contributed by atoms with Gasteiger partial charge in [-0.1, -0.05) is 12.1 Å². The molecule has 0 spiro atoms. The van der Waals surface area contributed by atoms with Crippen molar-refractivity contribution in [2.75, 3.05) is 13.2 Å². The molecule has 18 heavy (non-hydrogen) atoms. The van der Waals surface area contributed by atoms with Gasteiger partial charge in [0.25, 0.3) is 0 Å². The fraction of sp³-hybridized carbons (Fsp3) is 0.562. The van der Waals surface area contributed by atoms with Gasteiger partial charge in [-0.2, -0.15) is 0 Å². The number of carbonyl (C=O) groups is 1. The van der Waals surface area contributed by atoms with Crippen LogP contribution in [0.2, 0.25) is 0 Å². The predicted octanol–water partition coefficient (Wildman–Crippen LogP) is 3.17. The fourth-order valence-electron chi connectivity index (χ4n) is 3.08. The van der Waals surface area contributed by atoms with E-state index in [-0.39, 0.29) is 0 Å². The highest BCUT2D eigenvalue weighted by molar-refractivity contribution is 5.96. The highest BCUT2D eigenvalue weighted by atomic mass is 16.5. The van der Waals surface area contributed by atoms with Crippen molar-refractivity contribution in [3.05, 3.63) is 34.9 Å². The van der Waals surface area contributed by atoms with E-state index in [9.17, 15) is 4.79 Å². The molecular weight excluding hydrogens is 224 g/mol. The molecule has 1 saturated heterocycles. The average molecular weight is 244 g/mol. The second-order valence-corrected chi connectivity index (χ2v) is 5.52. The van der Waals surface area contributed by atoms with Crippen molar-refractivity contribution in [1.29, 1.82) is 0 Å². The molecule has 0 atom stereocenters.